The van der Waals surface area contributed by atoms with E-state index in [-0.39, 0.29) is 17.0 Å². The van der Waals surface area contributed by atoms with Gasteiger partial charge in [-0.25, -0.2) is 4.39 Å². The van der Waals surface area contributed by atoms with Gasteiger partial charge in [0.25, 0.3) is 11.7 Å². The van der Waals surface area contributed by atoms with Gasteiger partial charge in [0.1, 0.15) is 17.3 Å². The average Bonchev–Trinajstić information content (AvgIpc) is 3.03. The molecule has 1 amide bonds. The summed E-state index contributed by atoms with van der Waals surface area (Å²) in [7, 11) is 1.48. The van der Waals surface area contributed by atoms with Crippen molar-refractivity contribution in [2.24, 2.45) is 0 Å². The fraction of sp³-hybridized carbons (Fsp3) is 0.185. The molecule has 3 aromatic rings. The van der Waals surface area contributed by atoms with Crippen LogP contribution in [0.15, 0.2) is 66.2 Å². The van der Waals surface area contributed by atoms with Gasteiger partial charge < -0.3 is 9.84 Å². The summed E-state index contributed by atoms with van der Waals surface area (Å²) in [4.78, 5) is 27.8. The Morgan fingerprint density at radius 1 is 0.970 bits per heavy atom. The van der Waals surface area contributed by atoms with Crippen LogP contribution in [0.25, 0.3) is 5.76 Å². The van der Waals surface area contributed by atoms with E-state index in [0.717, 1.165) is 16.7 Å². The number of Topliss-reactive ketones (excluding diaryl/α,β-unsaturated/α-hetero) is 1. The topological polar surface area (TPSA) is 66.8 Å². The molecule has 5 nitrogen and oxygen atoms in total. The third-order valence-corrected chi connectivity index (χ3v) is 5.89. The lowest BCUT2D eigenvalue weighted by Crippen LogP contribution is -2.29. The molecular weight excluding hydrogens is 421 g/mol. The SMILES string of the molecule is COc1c(C)cc(C)cc1/C(O)=C1\C(=O)C(=O)N(c2cccc(F)c2)C1c1ccccc1C. The fourth-order valence-electron chi connectivity index (χ4n) is 4.46. The number of ketones is 1. The zero-order chi connectivity index (χ0) is 23.9. The first-order valence-electron chi connectivity index (χ1n) is 10.5. The molecule has 0 spiro atoms. The van der Waals surface area contributed by atoms with Gasteiger partial charge in [-0.05, 0) is 67.3 Å². The largest absolute Gasteiger partial charge is 0.507 e. The third-order valence-electron chi connectivity index (χ3n) is 5.89. The first-order valence-corrected chi connectivity index (χ1v) is 10.5. The van der Waals surface area contributed by atoms with E-state index in [2.05, 4.69) is 0 Å². The first-order chi connectivity index (χ1) is 15.7. The van der Waals surface area contributed by atoms with Crippen molar-refractivity contribution in [1.29, 1.82) is 0 Å². The molecule has 0 aliphatic carbocycles. The van der Waals surface area contributed by atoms with Crippen molar-refractivity contribution >= 4 is 23.1 Å². The molecule has 1 aliphatic heterocycles. The lowest BCUT2D eigenvalue weighted by atomic mass is 9.91. The Kier molecular flexibility index (Phi) is 5.77. The maximum Gasteiger partial charge on any atom is 0.300 e. The summed E-state index contributed by atoms with van der Waals surface area (Å²) in [6.45, 7) is 5.57. The Labute approximate surface area is 191 Å². The molecule has 1 aliphatic rings. The number of aryl methyl sites for hydroxylation is 3. The van der Waals surface area contributed by atoms with Gasteiger partial charge in [-0.1, -0.05) is 36.4 Å². The average molecular weight is 445 g/mol. The predicted octanol–water partition coefficient (Wildman–Crippen LogP) is 5.39. The van der Waals surface area contributed by atoms with Crippen LogP contribution in [0.1, 0.15) is 33.9 Å². The lowest BCUT2D eigenvalue weighted by molar-refractivity contribution is -0.132. The molecule has 4 rings (SSSR count). The van der Waals surface area contributed by atoms with Crippen molar-refractivity contribution in [3.05, 3.63) is 99.9 Å². The van der Waals surface area contributed by atoms with E-state index in [0.29, 0.717) is 16.9 Å². The van der Waals surface area contributed by atoms with Gasteiger partial charge in [0.05, 0.1) is 24.3 Å². The van der Waals surface area contributed by atoms with Gasteiger partial charge in [-0.3, -0.25) is 14.5 Å². The number of carbonyl (C=O) groups is 2. The minimum absolute atomic E-state index is 0.0677. The summed E-state index contributed by atoms with van der Waals surface area (Å²) < 4.78 is 19.6. The molecule has 33 heavy (non-hydrogen) atoms. The summed E-state index contributed by atoms with van der Waals surface area (Å²) >= 11 is 0. The number of ether oxygens (including phenoxy) is 1. The lowest BCUT2D eigenvalue weighted by Gasteiger charge is -2.27. The zero-order valence-corrected chi connectivity index (χ0v) is 18.8. The molecule has 0 radical (unpaired) electrons. The van der Waals surface area contributed by atoms with E-state index in [9.17, 15) is 19.1 Å². The van der Waals surface area contributed by atoms with Crippen molar-refractivity contribution in [1.82, 2.24) is 0 Å². The van der Waals surface area contributed by atoms with E-state index >= 15 is 0 Å². The minimum Gasteiger partial charge on any atom is -0.507 e. The number of rotatable bonds is 4. The Balaban J connectivity index is 2.04. The molecule has 168 valence electrons. The maximum absolute atomic E-state index is 14.1. The molecule has 1 heterocycles. The molecule has 1 fully saturated rings. The monoisotopic (exact) mass is 445 g/mol. The molecule has 1 unspecified atom stereocenters. The van der Waals surface area contributed by atoms with Gasteiger partial charge in [0, 0.05) is 5.69 Å². The number of nitrogens with zero attached hydrogens (tertiary/aromatic N) is 1. The number of hydrogen-bond donors (Lipinski definition) is 1. The van der Waals surface area contributed by atoms with Crippen LogP contribution in [0.3, 0.4) is 0 Å². The van der Waals surface area contributed by atoms with Crippen LogP contribution in [-0.2, 0) is 9.59 Å². The highest BCUT2D eigenvalue weighted by Crippen LogP contribution is 2.44. The number of hydrogen-bond acceptors (Lipinski definition) is 4. The quantitative estimate of drug-likeness (QED) is 0.332. The van der Waals surface area contributed by atoms with E-state index in [1.165, 1.54) is 30.2 Å². The van der Waals surface area contributed by atoms with E-state index in [4.69, 9.17) is 4.74 Å². The number of aliphatic hydroxyl groups excluding tert-OH is 1. The molecule has 1 atom stereocenters. The summed E-state index contributed by atoms with van der Waals surface area (Å²) in [5.41, 5.74) is 3.62. The number of amides is 1. The number of methoxy groups -OCH3 is 1. The highest BCUT2D eigenvalue weighted by atomic mass is 19.1. The molecule has 0 bridgehead atoms. The van der Waals surface area contributed by atoms with Crippen molar-refractivity contribution in [3.8, 4) is 5.75 Å². The summed E-state index contributed by atoms with van der Waals surface area (Å²) in [5.74, 6) is -2.12. The van der Waals surface area contributed by atoms with Gasteiger partial charge in [-0.2, -0.15) is 0 Å². The van der Waals surface area contributed by atoms with Crippen LogP contribution in [0.4, 0.5) is 10.1 Å². The number of anilines is 1. The van der Waals surface area contributed by atoms with E-state index < -0.39 is 23.5 Å². The molecule has 1 saturated heterocycles. The molecule has 3 aromatic carbocycles. The van der Waals surface area contributed by atoms with Crippen LogP contribution in [-0.4, -0.2) is 23.9 Å². The number of aliphatic hydroxyl groups is 1. The van der Waals surface area contributed by atoms with Gasteiger partial charge in [0.2, 0.25) is 0 Å². The van der Waals surface area contributed by atoms with Gasteiger partial charge in [0.15, 0.2) is 0 Å². The van der Waals surface area contributed by atoms with Crippen molar-refractivity contribution in [3.63, 3.8) is 0 Å². The molecular formula is C27H24FNO4. The van der Waals surface area contributed by atoms with E-state index in [1.807, 2.05) is 39.0 Å². The molecule has 6 heteroatoms. The standard InChI is InChI=1S/C27H24FNO4/c1-15-12-17(3)26(33-4)21(13-15)24(30)22-23(20-11-6-5-8-16(20)2)29(27(32)25(22)31)19-10-7-9-18(28)14-19/h5-14,23,30H,1-4H3/b24-22+. The summed E-state index contributed by atoms with van der Waals surface area (Å²) in [6.07, 6.45) is 0. The number of halogens is 1. The molecule has 1 N–H and O–H groups in total. The van der Waals surface area contributed by atoms with Gasteiger partial charge in [-0.15, -0.1) is 0 Å². The molecule has 0 aromatic heterocycles. The van der Waals surface area contributed by atoms with Crippen LogP contribution >= 0.6 is 0 Å². The van der Waals surface area contributed by atoms with Crippen molar-refractivity contribution in [2.45, 2.75) is 26.8 Å². The summed E-state index contributed by atoms with van der Waals surface area (Å²) in [6, 6.07) is 15.5. The van der Waals surface area contributed by atoms with Gasteiger partial charge >= 0.3 is 0 Å². The minimum atomic E-state index is -0.932. The van der Waals surface area contributed by atoms with Crippen LogP contribution < -0.4 is 9.64 Å². The highest BCUT2D eigenvalue weighted by Gasteiger charge is 2.47. The zero-order valence-electron chi connectivity index (χ0n) is 18.8. The van der Waals surface area contributed by atoms with Crippen LogP contribution in [0.2, 0.25) is 0 Å². The molecule has 0 saturated carbocycles. The maximum atomic E-state index is 14.1. The summed E-state index contributed by atoms with van der Waals surface area (Å²) in [5, 5.41) is 11.4. The van der Waals surface area contributed by atoms with Crippen LogP contribution in [0.5, 0.6) is 5.75 Å². The fourth-order valence-corrected chi connectivity index (χ4v) is 4.46. The first kappa shape index (κ1) is 22.3. The van der Waals surface area contributed by atoms with Crippen molar-refractivity contribution in [2.75, 3.05) is 12.0 Å². The predicted molar refractivity (Wildman–Crippen MR) is 125 cm³/mol. The Bertz CT molecular complexity index is 1310. The Hall–Kier alpha value is -3.93. The second-order valence-electron chi connectivity index (χ2n) is 8.17. The second-order valence-corrected chi connectivity index (χ2v) is 8.17. The second kappa shape index (κ2) is 8.54. The Morgan fingerprint density at radius 2 is 1.70 bits per heavy atom. The third kappa shape index (κ3) is 3.78. The highest BCUT2D eigenvalue weighted by molar-refractivity contribution is 6.51. The number of benzene rings is 3. The smallest absolute Gasteiger partial charge is 0.300 e. The van der Waals surface area contributed by atoms with Crippen LogP contribution in [0, 0.1) is 26.6 Å². The Morgan fingerprint density at radius 3 is 2.36 bits per heavy atom. The normalized spacial score (nSPS) is 17.5. The van der Waals surface area contributed by atoms with E-state index in [1.54, 1.807) is 24.3 Å². The number of carbonyl (C=O) groups excluding carboxylic acids is 2. The van der Waals surface area contributed by atoms with Crippen molar-refractivity contribution < 1.29 is 23.8 Å².